The summed E-state index contributed by atoms with van der Waals surface area (Å²) in [5.41, 5.74) is 12.3. The van der Waals surface area contributed by atoms with E-state index in [0.29, 0.717) is 0 Å². The first-order valence-electron chi connectivity index (χ1n) is 9.71. The maximum Gasteiger partial charge on any atom is 0.0552 e. The largest absolute Gasteiger partial charge is 0.301 e. The van der Waals surface area contributed by atoms with Gasteiger partial charge >= 0.3 is 0 Å². The Morgan fingerprint density at radius 3 is 1.17 bits per heavy atom. The number of benzene rings is 4. The molecule has 0 aliphatic heterocycles. The monoisotopic (exact) mass is 384 g/mol. The minimum atomic E-state index is 0.940. The van der Waals surface area contributed by atoms with Gasteiger partial charge in [-0.1, -0.05) is 72.2 Å². The molecule has 2 N–H and O–H groups in total. The van der Waals surface area contributed by atoms with Crippen LogP contribution in [-0.4, -0.2) is 0 Å². The van der Waals surface area contributed by atoms with E-state index in [9.17, 15) is 0 Å². The number of anilines is 2. The summed E-state index contributed by atoms with van der Waals surface area (Å²) in [5, 5.41) is 0. The Bertz CT molecular complexity index is 1140. The van der Waals surface area contributed by atoms with Crippen molar-refractivity contribution in [2.45, 2.75) is 0 Å². The Hall–Kier alpha value is -4.40. The molecule has 0 fully saturated rings. The maximum atomic E-state index is 3.23. The highest BCUT2D eigenvalue weighted by Crippen LogP contribution is 2.14. The topological polar surface area (TPSA) is 24.1 Å². The number of hydrazine groups is 1. The molecule has 0 unspecified atom stereocenters. The van der Waals surface area contributed by atoms with Gasteiger partial charge in [-0.25, -0.2) is 0 Å². The normalized spacial score (nSPS) is 9.47. The third kappa shape index (κ3) is 5.55. The highest BCUT2D eigenvalue weighted by Gasteiger charge is 1.96. The van der Waals surface area contributed by atoms with Crippen LogP contribution in [0.1, 0.15) is 22.3 Å². The molecule has 0 aliphatic carbocycles. The molecule has 0 heterocycles. The molecular formula is C28H20N2. The summed E-state index contributed by atoms with van der Waals surface area (Å²) in [4.78, 5) is 0. The molecule has 4 rings (SSSR count). The van der Waals surface area contributed by atoms with Gasteiger partial charge in [-0.15, -0.1) is 0 Å². The standard InChI is InChI=1S/C28H20N2/c1-3-9-23(10-4-1)17-19-25-13-7-15-27(21-25)29-30-28-16-8-14-26(22-28)20-18-24-11-5-2-6-12-24/h1-16,21-22,29-30H. The van der Waals surface area contributed by atoms with Gasteiger partial charge in [0.25, 0.3) is 0 Å². The van der Waals surface area contributed by atoms with Gasteiger partial charge < -0.3 is 10.9 Å². The van der Waals surface area contributed by atoms with Crippen molar-refractivity contribution in [2.75, 3.05) is 10.9 Å². The maximum absolute atomic E-state index is 3.23. The third-order valence-corrected chi connectivity index (χ3v) is 4.33. The molecule has 2 nitrogen and oxygen atoms in total. The van der Waals surface area contributed by atoms with Crippen LogP contribution >= 0.6 is 0 Å². The fraction of sp³-hybridized carbons (Fsp3) is 0. The zero-order chi connectivity index (χ0) is 20.4. The van der Waals surface area contributed by atoms with E-state index in [1.807, 2.05) is 109 Å². The molecule has 2 heteroatoms. The average molecular weight is 384 g/mol. The molecule has 142 valence electrons. The van der Waals surface area contributed by atoms with E-state index in [1.54, 1.807) is 0 Å². The van der Waals surface area contributed by atoms with Crippen molar-refractivity contribution in [1.82, 2.24) is 0 Å². The summed E-state index contributed by atoms with van der Waals surface area (Å²) in [6.45, 7) is 0. The van der Waals surface area contributed by atoms with E-state index in [4.69, 9.17) is 0 Å². The van der Waals surface area contributed by atoms with Crippen LogP contribution in [0.4, 0.5) is 11.4 Å². The highest BCUT2D eigenvalue weighted by atomic mass is 15.4. The average Bonchev–Trinajstić information content (AvgIpc) is 2.82. The van der Waals surface area contributed by atoms with Crippen molar-refractivity contribution in [3.63, 3.8) is 0 Å². The Kier molecular flexibility index (Phi) is 6.12. The predicted molar refractivity (Wildman–Crippen MR) is 125 cm³/mol. The van der Waals surface area contributed by atoms with Gasteiger partial charge in [-0.05, 0) is 60.7 Å². The van der Waals surface area contributed by atoms with Crippen molar-refractivity contribution in [3.8, 4) is 23.7 Å². The second-order valence-electron chi connectivity index (χ2n) is 6.64. The lowest BCUT2D eigenvalue weighted by atomic mass is 10.1. The lowest BCUT2D eigenvalue weighted by Gasteiger charge is -2.10. The number of hydrogen-bond acceptors (Lipinski definition) is 2. The Morgan fingerprint density at radius 1 is 0.367 bits per heavy atom. The second kappa shape index (κ2) is 9.69. The van der Waals surface area contributed by atoms with Crippen LogP contribution in [-0.2, 0) is 0 Å². The molecule has 0 amide bonds. The van der Waals surface area contributed by atoms with Crippen LogP contribution < -0.4 is 10.9 Å². The fourth-order valence-electron chi connectivity index (χ4n) is 2.83. The number of rotatable bonds is 3. The SMILES string of the molecule is C(#Cc1cccc(NNc2cccc(C#Cc3ccccc3)c2)c1)c1ccccc1. The van der Waals surface area contributed by atoms with Gasteiger partial charge in [0.2, 0.25) is 0 Å². The van der Waals surface area contributed by atoms with E-state index >= 15 is 0 Å². The lowest BCUT2D eigenvalue weighted by Crippen LogP contribution is -2.08. The second-order valence-corrected chi connectivity index (χ2v) is 6.64. The van der Waals surface area contributed by atoms with Gasteiger partial charge in [0, 0.05) is 22.3 Å². The summed E-state index contributed by atoms with van der Waals surface area (Å²) < 4.78 is 0. The summed E-state index contributed by atoms with van der Waals surface area (Å²) in [6.07, 6.45) is 0. The fourth-order valence-corrected chi connectivity index (χ4v) is 2.83. The zero-order valence-electron chi connectivity index (χ0n) is 16.4. The molecule has 0 aromatic heterocycles. The summed E-state index contributed by atoms with van der Waals surface area (Å²) in [7, 11) is 0. The smallest absolute Gasteiger partial charge is 0.0552 e. The molecule has 0 saturated heterocycles. The minimum absolute atomic E-state index is 0.940. The van der Waals surface area contributed by atoms with Crippen LogP contribution in [0.25, 0.3) is 0 Å². The summed E-state index contributed by atoms with van der Waals surface area (Å²) in [6, 6.07) is 36.0. The summed E-state index contributed by atoms with van der Waals surface area (Å²) >= 11 is 0. The van der Waals surface area contributed by atoms with E-state index < -0.39 is 0 Å². The molecule has 0 bridgehead atoms. The van der Waals surface area contributed by atoms with Gasteiger partial charge in [0.05, 0.1) is 11.4 Å². The first kappa shape index (κ1) is 18.9. The van der Waals surface area contributed by atoms with Crippen LogP contribution in [0.2, 0.25) is 0 Å². The molecule has 4 aromatic rings. The zero-order valence-corrected chi connectivity index (χ0v) is 16.4. The number of nitrogens with one attached hydrogen (secondary N) is 2. The summed E-state index contributed by atoms with van der Waals surface area (Å²) in [5.74, 6) is 12.8. The van der Waals surface area contributed by atoms with Crippen LogP contribution in [0.3, 0.4) is 0 Å². The van der Waals surface area contributed by atoms with Gasteiger partial charge in [0.15, 0.2) is 0 Å². The molecule has 0 atom stereocenters. The van der Waals surface area contributed by atoms with Crippen LogP contribution in [0.5, 0.6) is 0 Å². The first-order chi connectivity index (χ1) is 14.8. The lowest BCUT2D eigenvalue weighted by molar-refractivity contribution is 1.40. The van der Waals surface area contributed by atoms with Crippen molar-refractivity contribution >= 4 is 11.4 Å². The van der Waals surface area contributed by atoms with Crippen LogP contribution in [0.15, 0.2) is 109 Å². The minimum Gasteiger partial charge on any atom is -0.301 e. The van der Waals surface area contributed by atoms with Crippen LogP contribution in [0, 0.1) is 23.7 Å². The molecule has 0 saturated carbocycles. The van der Waals surface area contributed by atoms with E-state index in [0.717, 1.165) is 33.6 Å². The molecule has 4 aromatic carbocycles. The Morgan fingerprint density at radius 2 is 0.733 bits per heavy atom. The van der Waals surface area contributed by atoms with Gasteiger partial charge in [-0.2, -0.15) is 0 Å². The van der Waals surface area contributed by atoms with Gasteiger partial charge in [-0.3, -0.25) is 0 Å². The molecule has 0 radical (unpaired) electrons. The van der Waals surface area contributed by atoms with Gasteiger partial charge in [0.1, 0.15) is 0 Å². The van der Waals surface area contributed by atoms with Crippen molar-refractivity contribution < 1.29 is 0 Å². The quantitative estimate of drug-likeness (QED) is 0.338. The Labute approximate surface area is 177 Å². The highest BCUT2D eigenvalue weighted by molar-refractivity contribution is 5.58. The van der Waals surface area contributed by atoms with E-state index in [-0.39, 0.29) is 0 Å². The van der Waals surface area contributed by atoms with E-state index in [1.165, 1.54) is 0 Å². The third-order valence-electron chi connectivity index (χ3n) is 4.33. The van der Waals surface area contributed by atoms with E-state index in [2.05, 4.69) is 34.5 Å². The molecule has 0 aliphatic rings. The molecule has 30 heavy (non-hydrogen) atoms. The number of hydrogen-bond donors (Lipinski definition) is 2. The Balaban J connectivity index is 1.42. The van der Waals surface area contributed by atoms with Crippen molar-refractivity contribution in [2.24, 2.45) is 0 Å². The predicted octanol–water partition coefficient (Wildman–Crippen LogP) is 5.93. The van der Waals surface area contributed by atoms with Crippen molar-refractivity contribution in [3.05, 3.63) is 131 Å². The van der Waals surface area contributed by atoms with Crippen molar-refractivity contribution in [1.29, 1.82) is 0 Å². The first-order valence-corrected chi connectivity index (χ1v) is 9.71. The molecular weight excluding hydrogens is 364 g/mol. The molecule has 0 spiro atoms.